The van der Waals surface area contributed by atoms with Crippen molar-refractivity contribution in [3.8, 4) is 33.8 Å². The zero-order valence-corrected chi connectivity index (χ0v) is 21.6. The molecule has 0 spiro atoms. The summed E-state index contributed by atoms with van der Waals surface area (Å²) in [6, 6.07) is 47.4. The van der Waals surface area contributed by atoms with E-state index in [0.29, 0.717) is 13.2 Å². The number of anilines is 1. The molecule has 0 aliphatic heterocycles. The summed E-state index contributed by atoms with van der Waals surface area (Å²) in [5.41, 5.74) is 13.5. The van der Waals surface area contributed by atoms with Gasteiger partial charge in [-0.1, -0.05) is 103 Å². The highest BCUT2D eigenvalue weighted by Gasteiger charge is 2.13. The summed E-state index contributed by atoms with van der Waals surface area (Å²) in [6.07, 6.45) is 0. The summed E-state index contributed by atoms with van der Waals surface area (Å²) in [6.45, 7) is 1.03. The molecule has 6 rings (SSSR count). The fraction of sp³-hybridized carbons (Fsp3) is 0.0556. The van der Waals surface area contributed by atoms with E-state index < -0.39 is 0 Å². The summed E-state index contributed by atoms with van der Waals surface area (Å²) in [7, 11) is 0. The molecule has 0 saturated heterocycles. The van der Waals surface area contributed by atoms with Crippen molar-refractivity contribution in [2.45, 2.75) is 13.2 Å². The molecule has 0 bridgehead atoms. The van der Waals surface area contributed by atoms with E-state index in [9.17, 15) is 0 Å². The largest absolute Gasteiger partial charge is 0.489 e. The van der Waals surface area contributed by atoms with Gasteiger partial charge in [-0.25, -0.2) is 0 Å². The minimum atomic E-state index is 0.496. The van der Waals surface area contributed by atoms with Crippen LogP contribution in [0.1, 0.15) is 11.1 Å². The van der Waals surface area contributed by atoms with Gasteiger partial charge in [-0.15, -0.1) is 0 Å². The lowest BCUT2D eigenvalue weighted by Crippen LogP contribution is -1.98. The summed E-state index contributed by atoms with van der Waals surface area (Å²) >= 11 is 0. The number of ether oxygens (including phenoxy) is 2. The van der Waals surface area contributed by atoms with E-state index in [2.05, 4.69) is 72.8 Å². The van der Waals surface area contributed by atoms with E-state index >= 15 is 0 Å². The van der Waals surface area contributed by atoms with Crippen LogP contribution < -0.4 is 15.2 Å². The molecule has 0 radical (unpaired) electrons. The van der Waals surface area contributed by atoms with Crippen LogP contribution in [0, 0.1) is 0 Å². The molecular formula is C36H29NO2. The zero-order valence-electron chi connectivity index (χ0n) is 21.6. The smallest absolute Gasteiger partial charge is 0.128 e. The maximum absolute atomic E-state index is 6.36. The average Bonchev–Trinajstić information content (AvgIpc) is 2.99. The van der Waals surface area contributed by atoms with Crippen LogP contribution >= 0.6 is 0 Å². The Morgan fingerprint density at radius 2 is 1.15 bits per heavy atom. The molecule has 0 atom stereocenters. The Kier molecular flexibility index (Phi) is 6.96. The van der Waals surface area contributed by atoms with Gasteiger partial charge in [0.05, 0.1) is 0 Å². The van der Waals surface area contributed by atoms with Gasteiger partial charge in [0.1, 0.15) is 24.7 Å². The molecule has 0 aliphatic carbocycles. The van der Waals surface area contributed by atoms with Crippen molar-refractivity contribution >= 4 is 16.5 Å². The van der Waals surface area contributed by atoms with Crippen molar-refractivity contribution in [2.75, 3.05) is 5.73 Å². The molecule has 2 N–H and O–H groups in total. The first-order valence-corrected chi connectivity index (χ1v) is 13.1. The molecule has 3 nitrogen and oxygen atoms in total. The van der Waals surface area contributed by atoms with Gasteiger partial charge in [0.2, 0.25) is 0 Å². The predicted octanol–water partition coefficient (Wildman–Crippen LogP) is 8.91. The van der Waals surface area contributed by atoms with Crippen LogP contribution in [0.25, 0.3) is 33.0 Å². The second kappa shape index (κ2) is 11.2. The normalized spacial score (nSPS) is 10.9. The summed E-state index contributed by atoms with van der Waals surface area (Å²) in [5, 5.41) is 2.25. The lowest BCUT2D eigenvalue weighted by Gasteiger charge is -2.16. The molecular weight excluding hydrogens is 478 g/mol. The average molecular weight is 508 g/mol. The second-order valence-electron chi connectivity index (χ2n) is 9.58. The van der Waals surface area contributed by atoms with E-state index in [1.54, 1.807) is 0 Å². The Balaban J connectivity index is 1.34. The quantitative estimate of drug-likeness (QED) is 0.209. The minimum Gasteiger partial charge on any atom is -0.489 e. The number of nitrogens with two attached hydrogens (primary N) is 1. The van der Waals surface area contributed by atoms with Crippen LogP contribution in [-0.2, 0) is 13.2 Å². The van der Waals surface area contributed by atoms with Gasteiger partial charge in [-0.3, -0.25) is 0 Å². The first kappa shape index (κ1) is 24.3. The van der Waals surface area contributed by atoms with Crippen LogP contribution in [-0.4, -0.2) is 0 Å². The van der Waals surface area contributed by atoms with Crippen LogP contribution in [0.3, 0.4) is 0 Å². The molecule has 6 aromatic carbocycles. The van der Waals surface area contributed by atoms with E-state index in [-0.39, 0.29) is 0 Å². The molecule has 0 aliphatic rings. The Morgan fingerprint density at radius 3 is 1.90 bits per heavy atom. The molecule has 0 fully saturated rings. The Hall–Kier alpha value is -5.02. The number of nitrogen functional groups attached to an aromatic ring is 1. The van der Waals surface area contributed by atoms with E-state index in [0.717, 1.165) is 61.3 Å². The van der Waals surface area contributed by atoms with Gasteiger partial charge in [0.15, 0.2) is 0 Å². The van der Waals surface area contributed by atoms with Crippen LogP contribution in [0.4, 0.5) is 5.69 Å². The lowest BCUT2D eigenvalue weighted by molar-refractivity contribution is 0.306. The highest BCUT2D eigenvalue weighted by molar-refractivity contribution is 6.01. The van der Waals surface area contributed by atoms with Gasteiger partial charge in [-0.05, 0) is 75.0 Å². The van der Waals surface area contributed by atoms with E-state index in [1.807, 2.05) is 66.7 Å². The van der Waals surface area contributed by atoms with Gasteiger partial charge in [0.25, 0.3) is 0 Å². The SMILES string of the molecule is Nc1cccc(-c2c(OCc3ccccc3)ccc3cc(-c4cccc(OCc5ccccc5)c4)ccc23)c1. The first-order chi connectivity index (χ1) is 19.2. The highest BCUT2D eigenvalue weighted by Crippen LogP contribution is 2.40. The number of hydrogen-bond donors (Lipinski definition) is 1. The number of fused-ring (bicyclic) bond motifs is 1. The standard InChI is InChI=1S/C36H29NO2/c37-32-15-7-14-31(22-32)36-34-19-17-29(21-30(34)18-20-35(36)39-25-27-11-5-2-6-12-27)28-13-8-16-33(23-28)38-24-26-9-3-1-4-10-26/h1-23H,24-25,37H2. The maximum Gasteiger partial charge on any atom is 0.128 e. The summed E-state index contributed by atoms with van der Waals surface area (Å²) < 4.78 is 12.4. The third-order valence-corrected chi connectivity index (χ3v) is 6.81. The number of hydrogen-bond acceptors (Lipinski definition) is 3. The number of benzene rings is 6. The van der Waals surface area contributed by atoms with Crippen LogP contribution in [0.2, 0.25) is 0 Å². The van der Waals surface area contributed by atoms with Crippen LogP contribution in [0.5, 0.6) is 11.5 Å². The van der Waals surface area contributed by atoms with Gasteiger partial charge >= 0.3 is 0 Å². The van der Waals surface area contributed by atoms with Crippen LogP contribution in [0.15, 0.2) is 140 Å². The molecule has 0 unspecified atom stereocenters. The molecule has 3 heteroatoms. The molecule has 39 heavy (non-hydrogen) atoms. The second-order valence-corrected chi connectivity index (χ2v) is 9.58. The molecule has 0 amide bonds. The minimum absolute atomic E-state index is 0.496. The van der Waals surface area contributed by atoms with Crippen molar-refractivity contribution < 1.29 is 9.47 Å². The lowest BCUT2D eigenvalue weighted by atomic mass is 9.94. The van der Waals surface area contributed by atoms with Crippen molar-refractivity contribution in [2.24, 2.45) is 0 Å². The highest BCUT2D eigenvalue weighted by atomic mass is 16.5. The third kappa shape index (κ3) is 5.63. The third-order valence-electron chi connectivity index (χ3n) is 6.81. The van der Waals surface area contributed by atoms with E-state index in [1.165, 1.54) is 0 Å². The first-order valence-electron chi connectivity index (χ1n) is 13.1. The Morgan fingerprint density at radius 1 is 0.487 bits per heavy atom. The molecule has 0 heterocycles. The van der Waals surface area contributed by atoms with Crippen molar-refractivity contribution in [1.82, 2.24) is 0 Å². The van der Waals surface area contributed by atoms with E-state index in [4.69, 9.17) is 15.2 Å². The predicted molar refractivity (Wildman–Crippen MR) is 161 cm³/mol. The topological polar surface area (TPSA) is 44.5 Å². The molecule has 0 aromatic heterocycles. The summed E-state index contributed by atoms with van der Waals surface area (Å²) in [5.74, 6) is 1.68. The van der Waals surface area contributed by atoms with Crippen molar-refractivity contribution in [1.29, 1.82) is 0 Å². The van der Waals surface area contributed by atoms with Crippen molar-refractivity contribution in [3.05, 3.63) is 151 Å². The maximum atomic E-state index is 6.36. The molecule has 6 aromatic rings. The Labute approximate surface area is 229 Å². The van der Waals surface area contributed by atoms with Gasteiger partial charge in [-0.2, -0.15) is 0 Å². The summed E-state index contributed by atoms with van der Waals surface area (Å²) in [4.78, 5) is 0. The monoisotopic (exact) mass is 507 g/mol. The fourth-order valence-electron chi connectivity index (χ4n) is 4.84. The zero-order chi connectivity index (χ0) is 26.4. The fourth-order valence-corrected chi connectivity index (χ4v) is 4.84. The number of rotatable bonds is 8. The van der Waals surface area contributed by atoms with Gasteiger partial charge in [0, 0.05) is 11.3 Å². The Bertz CT molecular complexity index is 1710. The van der Waals surface area contributed by atoms with Gasteiger partial charge < -0.3 is 15.2 Å². The molecule has 0 saturated carbocycles. The van der Waals surface area contributed by atoms with Crippen molar-refractivity contribution in [3.63, 3.8) is 0 Å². The molecule has 190 valence electrons.